The molecule has 1 fully saturated rings. The lowest BCUT2D eigenvalue weighted by Crippen LogP contribution is -2.45. The van der Waals surface area contributed by atoms with Gasteiger partial charge in [-0.1, -0.05) is 0 Å². The molecule has 0 radical (unpaired) electrons. The Hall–Kier alpha value is -0.450. The van der Waals surface area contributed by atoms with Crippen molar-refractivity contribution >= 4 is 11.3 Å². The molecule has 1 aliphatic rings. The Labute approximate surface area is 75.8 Å². The van der Waals surface area contributed by atoms with Crippen LogP contribution in [0.15, 0.2) is 5.38 Å². The molecule has 0 atom stereocenters. The van der Waals surface area contributed by atoms with E-state index in [-0.39, 0.29) is 0 Å². The summed E-state index contributed by atoms with van der Waals surface area (Å²) in [5, 5.41) is 6.62. The minimum Gasteiger partial charge on any atom is -0.378 e. The molecule has 1 saturated heterocycles. The number of hydrogen-bond acceptors (Lipinski definition) is 4. The fourth-order valence-corrected chi connectivity index (χ4v) is 1.79. The summed E-state index contributed by atoms with van der Waals surface area (Å²) in [7, 11) is 0. The third-order valence-electron chi connectivity index (χ3n) is 1.85. The van der Waals surface area contributed by atoms with Gasteiger partial charge in [0, 0.05) is 17.6 Å². The van der Waals surface area contributed by atoms with E-state index in [1.165, 1.54) is 5.01 Å². The van der Waals surface area contributed by atoms with Crippen LogP contribution in [0, 0.1) is 6.92 Å². The highest BCUT2D eigenvalue weighted by molar-refractivity contribution is 7.09. The van der Waals surface area contributed by atoms with E-state index < -0.39 is 0 Å². The molecule has 2 rings (SSSR count). The number of aromatic nitrogens is 1. The van der Waals surface area contributed by atoms with Crippen LogP contribution < -0.4 is 5.32 Å². The Kier molecular flexibility index (Phi) is 2.39. The molecular formula is C8H12N2OS. The molecule has 0 saturated carbocycles. The molecule has 66 valence electrons. The molecule has 0 aliphatic carbocycles. The van der Waals surface area contributed by atoms with E-state index >= 15 is 0 Å². The van der Waals surface area contributed by atoms with Crippen LogP contribution in [0.25, 0.3) is 0 Å². The predicted molar refractivity (Wildman–Crippen MR) is 48.3 cm³/mol. The van der Waals surface area contributed by atoms with E-state index in [0.717, 1.165) is 25.5 Å². The zero-order valence-electron chi connectivity index (χ0n) is 7.04. The van der Waals surface area contributed by atoms with Crippen LogP contribution in [0.5, 0.6) is 0 Å². The predicted octanol–water partition coefficient (Wildman–Crippen LogP) is 0.940. The monoisotopic (exact) mass is 184 g/mol. The molecule has 3 nitrogen and oxygen atoms in total. The van der Waals surface area contributed by atoms with Crippen LogP contribution in [0.1, 0.15) is 10.7 Å². The Morgan fingerprint density at radius 3 is 3.08 bits per heavy atom. The number of hydrogen-bond donors (Lipinski definition) is 1. The third kappa shape index (κ3) is 1.83. The summed E-state index contributed by atoms with van der Waals surface area (Å²) < 4.78 is 5.05. The van der Waals surface area contributed by atoms with Gasteiger partial charge in [0.2, 0.25) is 0 Å². The number of nitrogens with one attached hydrogen (secondary N) is 1. The molecule has 0 spiro atoms. The SMILES string of the molecule is Cc1csc(CNC2COC2)n1. The minimum atomic E-state index is 0.550. The van der Waals surface area contributed by atoms with E-state index in [1.807, 2.05) is 6.92 Å². The number of thiazole rings is 1. The summed E-state index contributed by atoms with van der Waals surface area (Å²) in [6, 6.07) is 0.550. The Balaban J connectivity index is 1.79. The van der Waals surface area contributed by atoms with Crippen molar-refractivity contribution in [3.8, 4) is 0 Å². The highest BCUT2D eigenvalue weighted by Gasteiger charge is 2.17. The van der Waals surface area contributed by atoms with Gasteiger partial charge in [-0.3, -0.25) is 0 Å². The van der Waals surface area contributed by atoms with E-state index in [2.05, 4.69) is 15.7 Å². The van der Waals surface area contributed by atoms with E-state index in [4.69, 9.17) is 4.74 Å². The van der Waals surface area contributed by atoms with Gasteiger partial charge in [-0.05, 0) is 6.92 Å². The quantitative estimate of drug-likeness (QED) is 0.759. The smallest absolute Gasteiger partial charge is 0.107 e. The van der Waals surface area contributed by atoms with Gasteiger partial charge in [-0.25, -0.2) is 4.98 Å². The Morgan fingerprint density at radius 2 is 2.58 bits per heavy atom. The van der Waals surface area contributed by atoms with Crippen molar-refractivity contribution in [3.63, 3.8) is 0 Å². The molecule has 0 amide bonds. The van der Waals surface area contributed by atoms with E-state index in [0.29, 0.717) is 6.04 Å². The molecule has 0 bridgehead atoms. The third-order valence-corrected chi connectivity index (χ3v) is 2.81. The average Bonchev–Trinajstić information content (AvgIpc) is 2.32. The van der Waals surface area contributed by atoms with Gasteiger partial charge >= 0.3 is 0 Å². The number of ether oxygens (including phenoxy) is 1. The lowest BCUT2D eigenvalue weighted by atomic mass is 10.2. The standard InChI is InChI=1S/C8H12N2OS/c1-6-5-12-8(10-6)2-9-7-3-11-4-7/h5,7,9H,2-4H2,1H3. The van der Waals surface area contributed by atoms with Gasteiger partial charge < -0.3 is 10.1 Å². The second-order valence-electron chi connectivity index (χ2n) is 3.00. The largest absolute Gasteiger partial charge is 0.378 e. The van der Waals surface area contributed by atoms with Crippen LogP contribution in [-0.4, -0.2) is 24.2 Å². The fraction of sp³-hybridized carbons (Fsp3) is 0.625. The number of aryl methyl sites for hydroxylation is 1. The van der Waals surface area contributed by atoms with Crippen molar-refractivity contribution in [2.75, 3.05) is 13.2 Å². The number of rotatable bonds is 3. The van der Waals surface area contributed by atoms with Crippen LogP contribution in [0.2, 0.25) is 0 Å². The highest BCUT2D eigenvalue weighted by atomic mass is 32.1. The highest BCUT2D eigenvalue weighted by Crippen LogP contribution is 2.09. The second-order valence-corrected chi connectivity index (χ2v) is 3.94. The maximum atomic E-state index is 5.05. The molecule has 1 aliphatic heterocycles. The summed E-state index contributed by atoms with van der Waals surface area (Å²) >= 11 is 1.71. The molecule has 0 aromatic carbocycles. The van der Waals surface area contributed by atoms with Crippen molar-refractivity contribution < 1.29 is 4.74 Å². The van der Waals surface area contributed by atoms with Gasteiger partial charge in [-0.2, -0.15) is 0 Å². The van der Waals surface area contributed by atoms with Gasteiger partial charge in [0.05, 0.1) is 19.3 Å². The van der Waals surface area contributed by atoms with E-state index in [1.54, 1.807) is 11.3 Å². The molecule has 1 aromatic heterocycles. The molecule has 0 unspecified atom stereocenters. The summed E-state index contributed by atoms with van der Waals surface area (Å²) in [5.74, 6) is 0. The summed E-state index contributed by atoms with van der Waals surface area (Å²) in [4.78, 5) is 4.36. The molecule has 1 aromatic rings. The van der Waals surface area contributed by atoms with Gasteiger partial charge in [0.15, 0.2) is 0 Å². The Bertz CT molecular complexity index is 257. The van der Waals surface area contributed by atoms with Gasteiger partial charge in [0.25, 0.3) is 0 Å². The maximum absolute atomic E-state index is 5.05. The second kappa shape index (κ2) is 3.51. The van der Waals surface area contributed by atoms with Crippen LogP contribution in [0.4, 0.5) is 0 Å². The fourth-order valence-electron chi connectivity index (χ4n) is 1.07. The van der Waals surface area contributed by atoms with Gasteiger partial charge in [-0.15, -0.1) is 11.3 Å². The van der Waals surface area contributed by atoms with Crippen molar-refractivity contribution in [2.45, 2.75) is 19.5 Å². The maximum Gasteiger partial charge on any atom is 0.107 e. The first-order valence-electron chi connectivity index (χ1n) is 4.07. The first-order valence-corrected chi connectivity index (χ1v) is 4.94. The molecular weight excluding hydrogens is 172 g/mol. The first-order chi connectivity index (χ1) is 5.84. The molecule has 1 N–H and O–H groups in total. The average molecular weight is 184 g/mol. The Morgan fingerprint density at radius 1 is 1.75 bits per heavy atom. The number of nitrogens with zero attached hydrogens (tertiary/aromatic N) is 1. The first kappa shape index (κ1) is 8.16. The van der Waals surface area contributed by atoms with Crippen LogP contribution in [0.3, 0.4) is 0 Å². The van der Waals surface area contributed by atoms with E-state index in [9.17, 15) is 0 Å². The summed E-state index contributed by atoms with van der Waals surface area (Å²) in [6.07, 6.45) is 0. The van der Waals surface area contributed by atoms with Crippen molar-refractivity contribution in [1.82, 2.24) is 10.3 Å². The molecule has 4 heteroatoms. The van der Waals surface area contributed by atoms with Crippen LogP contribution in [-0.2, 0) is 11.3 Å². The topological polar surface area (TPSA) is 34.1 Å². The van der Waals surface area contributed by atoms with Crippen molar-refractivity contribution in [1.29, 1.82) is 0 Å². The normalized spacial score (nSPS) is 17.8. The molecule has 2 heterocycles. The van der Waals surface area contributed by atoms with Gasteiger partial charge in [0.1, 0.15) is 5.01 Å². The summed E-state index contributed by atoms with van der Waals surface area (Å²) in [6.45, 7) is 4.60. The minimum absolute atomic E-state index is 0.550. The van der Waals surface area contributed by atoms with Crippen molar-refractivity contribution in [3.05, 3.63) is 16.1 Å². The lowest BCUT2D eigenvalue weighted by Gasteiger charge is -2.26. The van der Waals surface area contributed by atoms with Crippen molar-refractivity contribution in [2.24, 2.45) is 0 Å². The summed E-state index contributed by atoms with van der Waals surface area (Å²) in [5.41, 5.74) is 1.11. The lowest BCUT2D eigenvalue weighted by molar-refractivity contribution is -0.00579. The zero-order chi connectivity index (χ0) is 8.39. The van der Waals surface area contributed by atoms with Crippen LogP contribution >= 0.6 is 11.3 Å². The molecule has 12 heavy (non-hydrogen) atoms. The zero-order valence-corrected chi connectivity index (χ0v) is 7.86.